The van der Waals surface area contributed by atoms with Gasteiger partial charge < -0.3 is 71.6 Å². The SMILES string of the molecule is CC(=O)OCC1=CC(NC2C(C)OC(OC3C(COC(C)=O)OC(OC4C(COC(C)=O)OC(Sc5ccccc5)C(OC(C)=O)C4OC(C)=O)C(OC(C)=O)C3OC(C)=O)C(OC(C)=O)C2OC(C)=O)CCC1. The first-order valence-corrected chi connectivity index (χ1v) is 24.8. The van der Waals surface area contributed by atoms with Crippen molar-refractivity contribution in [2.45, 2.75) is 191 Å². The number of rotatable bonds is 20. The van der Waals surface area contributed by atoms with Crippen LogP contribution in [0.3, 0.4) is 0 Å². The molecule has 5 rings (SSSR count). The monoisotopic (exact) mass is 1070 g/mol. The highest BCUT2D eigenvalue weighted by Crippen LogP contribution is 2.41. The number of carbonyl (C=O) groups excluding carboxylic acids is 9. The normalized spacial score (nSPS) is 31.7. The van der Waals surface area contributed by atoms with Gasteiger partial charge in [0.2, 0.25) is 0 Å². The third kappa shape index (κ3) is 17.4. The van der Waals surface area contributed by atoms with Crippen molar-refractivity contribution in [1.29, 1.82) is 0 Å². The second-order valence-electron chi connectivity index (χ2n) is 17.8. The van der Waals surface area contributed by atoms with Crippen molar-refractivity contribution >= 4 is 65.5 Å². The highest BCUT2D eigenvalue weighted by molar-refractivity contribution is 7.99. The van der Waals surface area contributed by atoms with Crippen molar-refractivity contribution in [3.05, 3.63) is 42.0 Å². The molecule has 1 aromatic carbocycles. The summed E-state index contributed by atoms with van der Waals surface area (Å²) in [6.45, 7) is 10.5. The van der Waals surface area contributed by atoms with Crippen LogP contribution in [0.5, 0.6) is 0 Å². The Kier molecular flexibility index (Phi) is 22.2. The van der Waals surface area contributed by atoms with Crippen LogP contribution < -0.4 is 5.32 Å². The maximum absolute atomic E-state index is 13.2. The lowest BCUT2D eigenvalue weighted by molar-refractivity contribution is -0.367. The molecular formula is C49H65NO23S. The number of hydrogen-bond acceptors (Lipinski definition) is 25. The van der Waals surface area contributed by atoms with Gasteiger partial charge in [-0.1, -0.05) is 36.0 Å². The second-order valence-corrected chi connectivity index (χ2v) is 18.9. The molecule has 0 amide bonds. The van der Waals surface area contributed by atoms with Crippen LogP contribution in [-0.2, 0) is 109 Å². The van der Waals surface area contributed by atoms with E-state index in [1.165, 1.54) is 6.92 Å². The van der Waals surface area contributed by atoms with Crippen molar-refractivity contribution in [3.63, 3.8) is 0 Å². The van der Waals surface area contributed by atoms with E-state index in [0.717, 1.165) is 72.7 Å². The predicted molar refractivity (Wildman–Crippen MR) is 250 cm³/mol. The summed E-state index contributed by atoms with van der Waals surface area (Å²) in [5, 5.41) is 3.43. The maximum Gasteiger partial charge on any atom is 0.303 e. The van der Waals surface area contributed by atoms with Gasteiger partial charge in [-0.05, 0) is 43.9 Å². The van der Waals surface area contributed by atoms with Gasteiger partial charge in [-0.3, -0.25) is 43.2 Å². The lowest BCUT2D eigenvalue weighted by Gasteiger charge is -2.50. The molecule has 3 fully saturated rings. The highest BCUT2D eigenvalue weighted by atomic mass is 32.2. The van der Waals surface area contributed by atoms with Gasteiger partial charge in [0, 0.05) is 73.3 Å². The fourth-order valence-corrected chi connectivity index (χ4v) is 9.99. The first-order chi connectivity index (χ1) is 35.0. The number of hydrogen-bond donors (Lipinski definition) is 1. The van der Waals surface area contributed by atoms with Crippen molar-refractivity contribution in [2.75, 3.05) is 19.8 Å². The summed E-state index contributed by atoms with van der Waals surface area (Å²) in [4.78, 5) is 115. The maximum atomic E-state index is 13.2. The Morgan fingerprint density at radius 3 is 1.49 bits per heavy atom. The summed E-state index contributed by atoms with van der Waals surface area (Å²) in [5.74, 6) is -7.23. The fourth-order valence-electron chi connectivity index (χ4n) is 8.87. The molecule has 24 nitrogen and oxygen atoms in total. The molecule has 0 aromatic heterocycles. The van der Waals surface area contributed by atoms with E-state index in [0.29, 0.717) is 24.2 Å². The number of benzene rings is 1. The minimum absolute atomic E-state index is 0.0740. The Labute approximate surface area is 431 Å². The third-order valence-electron chi connectivity index (χ3n) is 11.6. The summed E-state index contributed by atoms with van der Waals surface area (Å²) in [5.41, 5.74) is -0.288. The standard InChI is InChI=1S/C49H65NO23S/c1-23-38(50-34-16-14-15-33(19-34)20-60-24(2)51)41(64-27(5)54)44(67-30(8)57)47(63-23)72-39-36(21-61-25(3)52)70-48(45(68-31(9)58)42(39)65-28(6)55)73-40-37(22-62-26(4)53)71-49(74-35-17-12-11-13-18-35)46(69-32(10)59)43(40)66-29(7)56/h11-13,17-19,23,34,36-50H,14-16,20-22H2,1-10H3. The van der Waals surface area contributed by atoms with E-state index in [1.807, 2.05) is 6.08 Å². The van der Waals surface area contributed by atoms with Crippen LogP contribution in [0.1, 0.15) is 88.5 Å². The highest BCUT2D eigenvalue weighted by Gasteiger charge is 2.59. The molecule has 0 spiro atoms. The van der Waals surface area contributed by atoms with Gasteiger partial charge in [0.1, 0.15) is 49.7 Å². The number of esters is 9. The lowest BCUT2D eigenvalue weighted by atomic mass is 9.91. The van der Waals surface area contributed by atoms with Crippen molar-refractivity contribution in [3.8, 4) is 0 Å². The van der Waals surface area contributed by atoms with Crippen molar-refractivity contribution in [2.24, 2.45) is 0 Å². The Bertz CT molecular complexity index is 2190. The first kappa shape index (κ1) is 59.2. The Morgan fingerprint density at radius 2 is 0.973 bits per heavy atom. The van der Waals surface area contributed by atoms with Crippen molar-refractivity contribution in [1.82, 2.24) is 5.32 Å². The van der Waals surface area contributed by atoms with Crippen LogP contribution in [-0.4, -0.2) is 171 Å². The molecule has 16 atom stereocenters. The molecule has 0 saturated carbocycles. The van der Waals surface area contributed by atoms with Crippen LogP contribution in [0.25, 0.3) is 0 Å². The molecular weight excluding hydrogens is 1000 g/mol. The van der Waals surface area contributed by atoms with Gasteiger partial charge in [-0.2, -0.15) is 0 Å². The van der Waals surface area contributed by atoms with E-state index < -0.39 is 158 Å². The molecule has 1 aromatic rings. The van der Waals surface area contributed by atoms with Crippen LogP contribution in [0.15, 0.2) is 46.9 Å². The molecule has 3 heterocycles. The van der Waals surface area contributed by atoms with E-state index in [9.17, 15) is 43.2 Å². The molecule has 25 heteroatoms. The van der Waals surface area contributed by atoms with E-state index in [2.05, 4.69) is 5.32 Å². The predicted octanol–water partition coefficient (Wildman–Crippen LogP) is 2.46. The molecule has 0 bridgehead atoms. The molecule has 4 aliphatic rings. The number of nitrogens with one attached hydrogen (secondary N) is 1. The number of carbonyl (C=O) groups is 9. The number of thioether (sulfide) groups is 1. The minimum atomic E-state index is -1.90. The van der Waals surface area contributed by atoms with Crippen LogP contribution >= 0.6 is 11.8 Å². The quantitative estimate of drug-likeness (QED) is 0.111. The molecule has 1 aliphatic carbocycles. The summed E-state index contributed by atoms with van der Waals surface area (Å²) < 4.78 is 83.6. The summed E-state index contributed by atoms with van der Waals surface area (Å²) in [6.07, 6.45) is -16.4. The topological polar surface area (TPSA) is 295 Å². The molecule has 74 heavy (non-hydrogen) atoms. The average Bonchev–Trinajstić information content (AvgIpc) is 3.30. The Morgan fingerprint density at radius 1 is 0.527 bits per heavy atom. The summed E-state index contributed by atoms with van der Waals surface area (Å²) in [7, 11) is 0. The first-order valence-electron chi connectivity index (χ1n) is 23.9. The molecule has 16 unspecified atom stereocenters. The number of ether oxygens (including phenoxy) is 14. The van der Waals surface area contributed by atoms with E-state index >= 15 is 0 Å². The third-order valence-corrected chi connectivity index (χ3v) is 12.7. The molecule has 0 radical (unpaired) electrons. The molecule has 3 saturated heterocycles. The van der Waals surface area contributed by atoms with Gasteiger partial charge >= 0.3 is 53.7 Å². The zero-order valence-corrected chi connectivity index (χ0v) is 43.6. The second kappa shape index (κ2) is 27.7. The molecule has 410 valence electrons. The Balaban J connectivity index is 1.59. The van der Waals surface area contributed by atoms with E-state index in [1.54, 1.807) is 37.3 Å². The van der Waals surface area contributed by atoms with Crippen LogP contribution in [0, 0.1) is 0 Å². The fraction of sp³-hybridized carbons (Fsp3) is 0.653. The molecule has 3 aliphatic heterocycles. The smallest absolute Gasteiger partial charge is 0.303 e. The van der Waals surface area contributed by atoms with Crippen molar-refractivity contribution < 1.29 is 109 Å². The lowest BCUT2D eigenvalue weighted by Crippen LogP contribution is -2.69. The van der Waals surface area contributed by atoms with Crippen LogP contribution in [0.2, 0.25) is 0 Å². The van der Waals surface area contributed by atoms with Gasteiger partial charge in [0.05, 0.1) is 12.1 Å². The van der Waals surface area contributed by atoms with Gasteiger partial charge in [0.25, 0.3) is 0 Å². The van der Waals surface area contributed by atoms with E-state index in [4.69, 9.17) is 66.3 Å². The van der Waals surface area contributed by atoms with Gasteiger partial charge in [0.15, 0.2) is 49.2 Å². The average molecular weight is 1070 g/mol. The van der Waals surface area contributed by atoms with Crippen LogP contribution in [0.4, 0.5) is 0 Å². The summed E-state index contributed by atoms with van der Waals surface area (Å²) in [6, 6.07) is 7.55. The van der Waals surface area contributed by atoms with Gasteiger partial charge in [-0.15, -0.1) is 0 Å². The minimum Gasteiger partial charge on any atom is -0.463 e. The zero-order valence-electron chi connectivity index (χ0n) is 42.7. The zero-order chi connectivity index (χ0) is 54.4. The van der Waals surface area contributed by atoms with Gasteiger partial charge in [-0.25, -0.2) is 0 Å². The van der Waals surface area contributed by atoms with E-state index in [-0.39, 0.29) is 12.6 Å². The largest absolute Gasteiger partial charge is 0.463 e. The summed E-state index contributed by atoms with van der Waals surface area (Å²) >= 11 is 1.09. The Hall–Kier alpha value is -5.70. The molecule has 1 N–H and O–H groups in total.